The molecule has 2 N–H and O–H groups in total. The Labute approximate surface area is 367 Å². The van der Waals surface area contributed by atoms with Crippen molar-refractivity contribution in [1.29, 1.82) is 0 Å². The van der Waals surface area contributed by atoms with Gasteiger partial charge in [-0.15, -0.1) is 11.3 Å². The van der Waals surface area contributed by atoms with E-state index in [1.54, 1.807) is 43.6 Å². The molecule has 1 saturated heterocycles. The summed E-state index contributed by atoms with van der Waals surface area (Å²) in [4.78, 5) is 36.5. The minimum Gasteiger partial charge on any atom is -0.496 e. The van der Waals surface area contributed by atoms with Crippen molar-refractivity contribution in [2.75, 3.05) is 53.5 Å². The lowest BCUT2D eigenvalue weighted by Gasteiger charge is -2.29. The molecule has 15 heteroatoms. The van der Waals surface area contributed by atoms with Gasteiger partial charge in [0.2, 0.25) is 12.0 Å². The quantitative estimate of drug-likeness (QED) is 0.100. The Morgan fingerprint density at radius 3 is 2.45 bits per heavy atom. The second-order valence-electron chi connectivity index (χ2n) is 15.0. The standard InChI is InChI=1S/C47H44ClFN6O6S/c1-29-34(16-17-38(42(29)48)59-25-24-55-22-20-54(2)21-23-55)40-41-45(51-28-52-46(41)62-43(40)30-12-14-32(49)15-13-30)61-39(47(56)57)26-31-8-4-6-10-36(31)60-27-33-18-19-50-44(53-33)35-9-5-7-11-37(35)58-3/h4-19,28,39H,20-27H2,1-3H3,(H,56,57)/p+1. The van der Waals surface area contributed by atoms with Crippen LogP contribution in [-0.2, 0) is 17.8 Å². The van der Waals surface area contributed by atoms with Crippen LogP contribution in [0.4, 0.5) is 4.39 Å². The van der Waals surface area contributed by atoms with Crippen LogP contribution < -0.4 is 23.8 Å². The number of rotatable bonds is 16. The van der Waals surface area contributed by atoms with E-state index in [4.69, 9.17) is 35.5 Å². The van der Waals surface area contributed by atoms with Crippen LogP contribution in [0.15, 0.2) is 104 Å². The number of thiophene rings is 1. The van der Waals surface area contributed by atoms with E-state index in [-0.39, 0.29) is 24.7 Å². The van der Waals surface area contributed by atoms with Crippen molar-refractivity contribution in [3.05, 3.63) is 131 Å². The van der Waals surface area contributed by atoms with Crippen molar-refractivity contribution in [2.24, 2.45) is 0 Å². The fourth-order valence-corrected chi connectivity index (χ4v) is 8.83. The van der Waals surface area contributed by atoms with Gasteiger partial charge in [0.15, 0.2) is 5.82 Å². The number of quaternary nitrogens is 1. The number of carboxylic acid groups (broad SMARTS) is 1. The highest BCUT2D eigenvalue weighted by Gasteiger charge is 2.28. The first kappa shape index (κ1) is 42.5. The molecule has 318 valence electrons. The smallest absolute Gasteiger partial charge is 0.345 e. The summed E-state index contributed by atoms with van der Waals surface area (Å²) in [6, 6.07) is 26.4. The number of carbonyl (C=O) groups is 1. The number of likely N-dealkylation sites (N-methyl/N-ethyl adjacent to an activating group) is 1. The second-order valence-corrected chi connectivity index (χ2v) is 16.4. The lowest BCUT2D eigenvalue weighted by atomic mass is 9.96. The number of carboxylic acids is 1. The van der Waals surface area contributed by atoms with Gasteiger partial charge in [-0.2, -0.15) is 0 Å². The van der Waals surface area contributed by atoms with E-state index < -0.39 is 12.1 Å². The van der Waals surface area contributed by atoms with Crippen LogP contribution in [-0.4, -0.2) is 95.5 Å². The van der Waals surface area contributed by atoms with E-state index in [9.17, 15) is 14.3 Å². The first-order valence-electron chi connectivity index (χ1n) is 20.2. The number of halogens is 2. The zero-order chi connectivity index (χ0) is 43.2. The van der Waals surface area contributed by atoms with Crippen LogP contribution >= 0.6 is 22.9 Å². The first-order valence-corrected chi connectivity index (χ1v) is 21.4. The van der Waals surface area contributed by atoms with E-state index in [0.717, 1.165) is 59.9 Å². The van der Waals surface area contributed by atoms with E-state index >= 15 is 0 Å². The molecule has 3 aromatic heterocycles. The molecular formula is C47H45ClFN6O6S+. The molecule has 1 fully saturated rings. The van der Waals surface area contributed by atoms with Gasteiger partial charge in [0.05, 0.1) is 48.9 Å². The lowest BCUT2D eigenvalue weighted by molar-refractivity contribution is -0.884. The van der Waals surface area contributed by atoms with Crippen molar-refractivity contribution in [1.82, 2.24) is 24.8 Å². The van der Waals surface area contributed by atoms with Crippen LogP contribution in [0.3, 0.4) is 0 Å². The van der Waals surface area contributed by atoms with Gasteiger partial charge in [0.1, 0.15) is 47.4 Å². The Morgan fingerprint density at radius 1 is 0.919 bits per heavy atom. The van der Waals surface area contributed by atoms with Crippen LogP contribution in [0.1, 0.15) is 16.8 Å². The maximum Gasteiger partial charge on any atom is 0.345 e. The van der Waals surface area contributed by atoms with E-state index in [2.05, 4.69) is 26.9 Å². The number of nitrogens with zero attached hydrogens (tertiary/aromatic N) is 5. The van der Waals surface area contributed by atoms with E-state index in [1.807, 2.05) is 55.5 Å². The summed E-state index contributed by atoms with van der Waals surface area (Å²) < 4.78 is 38.6. The molecule has 0 bridgehead atoms. The number of methoxy groups -OCH3 is 1. The van der Waals surface area contributed by atoms with Gasteiger partial charge in [-0.05, 0) is 71.6 Å². The number of aliphatic carboxylic acids is 1. The largest absolute Gasteiger partial charge is 0.496 e. The van der Waals surface area contributed by atoms with Gasteiger partial charge >= 0.3 is 5.97 Å². The third-order valence-electron chi connectivity index (χ3n) is 10.9. The van der Waals surface area contributed by atoms with E-state index in [1.165, 1.54) is 34.7 Å². The molecule has 62 heavy (non-hydrogen) atoms. The first-order chi connectivity index (χ1) is 30.2. The monoisotopic (exact) mass is 875 g/mol. The second kappa shape index (κ2) is 19.2. The molecule has 0 saturated carbocycles. The molecule has 0 radical (unpaired) electrons. The zero-order valence-electron chi connectivity index (χ0n) is 34.4. The Morgan fingerprint density at radius 2 is 1.68 bits per heavy atom. The number of aromatic nitrogens is 4. The van der Waals surface area contributed by atoms with Crippen molar-refractivity contribution in [2.45, 2.75) is 26.1 Å². The third kappa shape index (κ3) is 9.48. The number of para-hydroxylation sites is 2. The number of benzene rings is 4. The fraction of sp³-hybridized carbons (Fsp3) is 0.255. The summed E-state index contributed by atoms with van der Waals surface area (Å²) in [6.45, 7) is 7.52. The highest BCUT2D eigenvalue weighted by Crippen LogP contribution is 2.49. The number of nitrogens with one attached hydrogen (secondary N) is 1. The number of hydrogen-bond donors (Lipinski definition) is 2. The number of ether oxygens (including phenoxy) is 4. The molecule has 7 aromatic rings. The Balaban J connectivity index is 1.08. The molecule has 1 aliphatic rings. The Hall–Kier alpha value is -6.19. The lowest BCUT2D eigenvalue weighted by Crippen LogP contribution is -3.12. The van der Waals surface area contributed by atoms with Crippen molar-refractivity contribution in [3.63, 3.8) is 0 Å². The van der Waals surface area contributed by atoms with Crippen molar-refractivity contribution >= 4 is 39.1 Å². The minimum atomic E-state index is -1.38. The normalized spacial score (nSPS) is 13.8. The van der Waals surface area contributed by atoms with Gasteiger partial charge in [0.25, 0.3) is 0 Å². The predicted molar refractivity (Wildman–Crippen MR) is 237 cm³/mol. The average Bonchev–Trinajstić information content (AvgIpc) is 3.68. The summed E-state index contributed by atoms with van der Waals surface area (Å²) in [5.41, 5.74) is 4.88. The van der Waals surface area contributed by atoms with Crippen molar-refractivity contribution < 1.29 is 38.1 Å². The summed E-state index contributed by atoms with van der Waals surface area (Å²) in [5.74, 6) is 0.676. The molecule has 1 unspecified atom stereocenters. The molecule has 8 rings (SSSR count). The molecule has 12 nitrogen and oxygen atoms in total. The van der Waals surface area contributed by atoms with Gasteiger partial charge in [-0.25, -0.2) is 29.1 Å². The molecule has 0 aliphatic carbocycles. The number of piperazine rings is 1. The molecule has 1 atom stereocenters. The average molecular weight is 876 g/mol. The highest BCUT2D eigenvalue weighted by molar-refractivity contribution is 7.22. The summed E-state index contributed by atoms with van der Waals surface area (Å²) in [7, 11) is 3.81. The van der Waals surface area contributed by atoms with E-state index in [0.29, 0.717) is 61.7 Å². The number of hydrogen-bond acceptors (Lipinski definition) is 11. The number of fused-ring (bicyclic) bond motifs is 1. The predicted octanol–water partition coefficient (Wildman–Crippen LogP) is 7.45. The zero-order valence-corrected chi connectivity index (χ0v) is 36.0. The van der Waals surface area contributed by atoms with Crippen LogP contribution in [0.25, 0.3) is 43.2 Å². The Kier molecular flexibility index (Phi) is 13.2. The molecule has 1 aliphatic heterocycles. The molecule has 4 heterocycles. The van der Waals surface area contributed by atoms with Gasteiger partial charge in [0, 0.05) is 42.7 Å². The highest BCUT2D eigenvalue weighted by atomic mass is 35.5. The molecule has 0 amide bonds. The summed E-state index contributed by atoms with van der Waals surface area (Å²) in [5, 5.41) is 11.6. The Bertz CT molecular complexity index is 2690. The maximum absolute atomic E-state index is 14.2. The summed E-state index contributed by atoms with van der Waals surface area (Å²) >= 11 is 8.43. The van der Waals surface area contributed by atoms with Gasteiger partial charge in [-0.3, -0.25) is 4.90 Å². The minimum absolute atomic E-state index is 0.0519. The van der Waals surface area contributed by atoms with Crippen LogP contribution in [0.2, 0.25) is 5.02 Å². The van der Waals surface area contributed by atoms with Crippen molar-refractivity contribution in [3.8, 4) is 56.1 Å². The van der Waals surface area contributed by atoms with Crippen LogP contribution in [0, 0.1) is 12.7 Å². The molecule has 4 aromatic carbocycles. The molecular weight excluding hydrogens is 831 g/mol. The fourth-order valence-electron chi connectivity index (χ4n) is 7.46. The topological polar surface area (TPSA) is 133 Å². The maximum atomic E-state index is 14.2. The SMILES string of the molecule is COc1ccccc1-c1nccc(COc2ccccc2CC(Oc2ncnc3sc(-c4ccc(F)cc4)c(-c4ccc(OCCN5CC[NH+](C)CC5)c(Cl)c4C)c23)C(=O)O)n1. The third-order valence-corrected chi connectivity index (χ3v) is 12.5. The van der Waals surface area contributed by atoms with Gasteiger partial charge < -0.3 is 29.0 Å². The van der Waals surface area contributed by atoms with Gasteiger partial charge in [-0.1, -0.05) is 60.1 Å². The van der Waals surface area contributed by atoms with Crippen LogP contribution in [0.5, 0.6) is 23.1 Å². The summed E-state index contributed by atoms with van der Waals surface area (Å²) in [6.07, 6.45) is 1.58. The molecule has 0 spiro atoms.